The summed E-state index contributed by atoms with van der Waals surface area (Å²) in [5, 5.41) is 4.50. The largest absolute Gasteiger partial charge is 0.480 e. The predicted molar refractivity (Wildman–Crippen MR) is 95.9 cm³/mol. The number of imidazole rings is 1. The van der Waals surface area contributed by atoms with E-state index in [1.165, 1.54) is 20.4 Å². The molecule has 0 aromatic carbocycles. The van der Waals surface area contributed by atoms with Crippen LogP contribution in [0.2, 0.25) is 0 Å². The van der Waals surface area contributed by atoms with Gasteiger partial charge in [0.1, 0.15) is 5.69 Å². The topological polar surface area (TPSA) is 77.7 Å². The monoisotopic (exact) mass is 406 g/mol. The average Bonchev–Trinajstić information content (AvgIpc) is 3.05. The van der Waals surface area contributed by atoms with Gasteiger partial charge < -0.3 is 14.4 Å². The molecule has 2 fully saturated rings. The van der Waals surface area contributed by atoms with Gasteiger partial charge in [-0.05, 0) is 18.4 Å². The lowest BCUT2D eigenvalue weighted by atomic mass is 10.1. The normalized spacial score (nSPS) is 23.3. The Hall–Kier alpha value is -3.11. The number of anilines is 1. The average molecular weight is 406 g/mol. The van der Waals surface area contributed by atoms with Crippen LogP contribution in [0, 0.1) is 11.3 Å². The second-order valence-corrected chi connectivity index (χ2v) is 7.33. The quantitative estimate of drug-likeness (QED) is 0.659. The summed E-state index contributed by atoms with van der Waals surface area (Å²) < 4.78 is 52.5. The third-order valence-electron chi connectivity index (χ3n) is 5.77. The number of aromatic nitrogens is 5. The van der Waals surface area contributed by atoms with Crippen LogP contribution in [0.5, 0.6) is 11.9 Å². The first-order chi connectivity index (χ1) is 13.9. The van der Waals surface area contributed by atoms with Gasteiger partial charge in [-0.1, -0.05) is 0 Å². The van der Waals surface area contributed by atoms with Crippen LogP contribution in [0.25, 0.3) is 16.9 Å². The van der Waals surface area contributed by atoms with Crippen molar-refractivity contribution in [3.05, 3.63) is 24.7 Å². The third-order valence-corrected chi connectivity index (χ3v) is 5.77. The zero-order chi connectivity index (χ0) is 20.4. The zero-order valence-electron chi connectivity index (χ0n) is 15.6. The second kappa shape index (κ2) is 5.94. The highest BCUT2D eigenvalue weighted by Gasteiger charge is 2.74. The van der Waals surface area contributed by atoms with Crippen LogP contribution in [0.15, 0.2) is 24.7 Å². The molecule has 1 saturated heterocycles. The molecule has 0 N–H and O–H groups in total. The maximum Gasteiger partial charge on any atom is 0.396 e. The van der Waals surface area contributed by atoms with Gasteiger partial charge in [0, 0.05) is 31.7 Å². The number of rotatable bonds is 4. The van der Waals surface area contributed by atoms with E-state index >= 15 is 0 Å². The van der Waals surface area contributed by atoms with Crippen molar-refractivity contribution in [2.45, 2.75) is 12.6 Å². The summed E-state index contributed by atoms with van der Waals surface area (Å²) in [7, 11) is 2.90. The second-order valence-electron chi connectivity index (χ2n) is 7.33. The highest BCUT2D eigenvalue weighted by Crippen LogP contribution is 2.66. The van der Waals surface area contributed by atoms with E-state index < -0.39 is 11.6 Å². The van der Waals surface area contributed by atoms with E-state index in [2.05, 4.69) is 20.1 Å². The van der Waals surface area contributed by atoms with E-state index in [0.29, 0.717) is 29.1 Å². The van der Waals surface area contributed by atoms with Crippen molar-refractivity contribution in [3.8, 4) is 23.1 Å². The molecule has 0 bridgehead atoms. The fourth-order valence-corrected chi connectivity index (χ4v) is 4.15. The maximum atomic E-state index is 13.5. The molecule has 152 valence electrons. The minimum Gasteiger partial charge on any atom is -0.480 e. The van der Waals surface area contributed by atoms with Crippen LogP contribution in [0.3, 0.4) is 0 Å². The summed E-state index contributed by atoms with van der Waals surface area (Å²) in [5.41, 5.74) is 0.446. The summed E-state index contributed by atoms with van der Waals surface area (Å²) in [6.07, 6.45) is 0.707. The summed E-state index contributed by atoms with van der Waals surface area (Å²) in [5.74, 6) is -0.126. The molecule has 0 amide bonds. The lowest BCUT2D eigenvalue weighted by Gasteiger charge is -2.25. The lowest BCUT2D eigenvalue weighted by Crippen LogP contribution is -2.33. The van der Waals surface area contributed by atoms with Gasteiger partial charge in [-0.3, -0.25) is 0 Å². The first kappa shape index (κ1) is 18.0. The van der Waals surface area contributed by atoms with E-state index in [1.807, 2.05) is 0 Å². The van der Waals surface area contributed by atoms with Crippen LogP contribution in [-0.2, 0) is 0 Å². The molecule has 1 aliphatic heterocycles. The number of ether oxygens (including phenoxy) is 2. The molecule has 0 spiro atoms. The molecule has 11 heteroatoms. The van der Waals surface area contributed by atoms with Gasteiger partial charge in [-0.25, -0.2) is 14.5 Å². The first-order valence-corrected chi connectivity index (χ1v) is 8.98. The molecule has 0 radical (unpaired) electrons. The molecular weight excluding hydrogens is 389 g/mol. The summed E-state index contributed by atoms with van der Waals surface area (Å²) in [4.78, 5) is 14.3. The number of piperidine rings is 1. The Bertz CT molecular complexity index is 1100. The van der Waals surface area contributed by atoms with Crippen molar-refractivity contribution >= 4 is 11.3 Å². The van der Waals surface area contributed by atoms with Gasteiger partial charge in [0.05, 0.1) is 30.9 Å². The van der Waals surface area contributed by atoms with Gasteiger partial charge >= 0.3 is 12.2 Å². The number of nitrogens with zero attached hydrogens (tertiary/aromatic N) is 6. The summed E-state index contributed by atoms with van der Waals surface area (Å²) in [6.45, 7) is 0.255. The molecule has 4 heterocycles. The van der Waals surface area contributed by atoms with Crippen molar-refractivity contribution in [3.63, 3.8) is 0 Å². The van der Waals surface area contributed by atoms with Crippen LogP contribution in [0.1, 0.15) is 6.42 Å². The van der Waals surface area contributed by atoms with Crippen molar-refractivity contribution in [1.29, 1.82) is 0 Å². The number of fused-ring (bicyclic) bond motifs is 2. The van der Waals surface area contributed by atoms with Gasteiger partial charge in [0.2, 0.25) is 5.88 Å². The molecule has 1 saturated carbocycles. The number of hydrogen-bond donors (Lipinski definition) is 0. The van der Waals surface area contributed by atoms with Crippen molar-refractivity contribution in [1.82, 2.24) is 24.6 Å². The number of halogens is 3. The van der Waals surface area contributed by atoms with E-state index in [1.54, 1.807) is 27.9 Å². The Morgan fingerprint density at radius 1 is 1.21 bits per heavy atom. The maximum absolute atomic E-state index is 13.5. The Morgan fingerprint density at radius 3 is 2.72 bits per heavy atom. The van der Waals surface area contributed by atoms with Crippen molar-refractivity contribution < 1.29 is 22.6 Å². The first-order valence-electron chi connectivity index (χ1n) is 8.98. The smallest absolute Gasteiger partial charge is 0.396 e. The molecule has 3 aromatic heterocycles. The number of methoxy groups -OCH3 is 2. The van der Waals surface area contributed by atoms with E-state index in [-0.39, 0.29) is 30.8 Å². The summed E-state index contributed by atoms with van der Waals surface area (Å²) >= 11 is 0. The fraction of sp³-hybridized carbons (Fsp3) is 0.444. The Balaban J connectivity index is 1.59. The SMILES string of the molecule is COc1ncc(-c2cc(N3CC4CC4(C(F)(F)F)C3)c3nccn3n2)c(OC)n1. The molecule has 2 atom stereocenters. The standard InChI is InChI=1S/C18H17F3N6O2/c1-28-15-11(7-23-16(24-15)29-2)12-5-13(14-22-3-4-27(14)25-12)26-8-10-6-17(10,9-26)18(19,20)21/h3-5,7,10H,6,8-9H2,1-2H3. The van der Waals surface area contributed by atoms with E-state index in [9.17, 15) is 13.2 Å². The lowest BCUT2D eigenvalue weighted by molar-refractivity contribution is -0.184. The van der Waals surface area contributed by atoms with Gasteiger partial charge in [-0.15, -0.1) is 0 Å². The highest BCUT2D eigenvalue weighted by molar-refractivity contribution is 5.76. The summed E-state index contributed by atoms with van der Waals surface area (Å²) in [6, 6.07) is 1.85. The van der Waals surface area contributed by atoms with Crippen molar-refractivity contribution in [2.24, 2.45) is 11.3 Å². The number of alkyl halides is 3. The predicted octanol–water partition coefficient (Wildman–Crippen LogP) is 2.59. The molecular formula is C18H17F3N6O2. The van der Waals surface area contributed by atoms with Gasteiger partial charge in [0.25, 0.3) is 0 Å². The molecule has 5 rings (SSSR count). The highest BCUT2D eigenvalue weighted by atomic mass is 19.4. The Labute approximate surface area is 163 Å². The van der Waals surface area contributed by atoms with Crippen LogP contribution in [0.4, 0.5) is 18.9 Å². The van der Waals surface area contributed by atoms with Gasteiger partial charge in [0.15, 0.2) is 5.65 Å². The molecule has 29 heavy (non-hydrogen) atoms. The Kier molecular flexibility index (Phi) is 3.68. The fourth-order valence-electron chi connectivity index (χ4n) is 4.15. The van der Waals surface area contributed by atoms with Crippen LogP contribution < -0.4 is 14.4 Å². The Morgan fingerprint density at radius 2 is 2.03 bits per heavy atom. The van der Waals surface area contributed by atoms with Crippen molar-refractivity contribution in [2.75, 3.05) is 32.2 Å². The van der Waals surface area contributed by atoms with Gasteiger partial charge in [-0.2, -0.15) is 23.3 Å². The van der Waals surface area contributed by atoms with E-state index in [4.69, 9.17) is 9.47 Å². The van der Waals surface area contributed by atoms with Crippen LogP contribution in [-0.4, -0.2) is 58.1 Å². The minimum atomic E-state index is -4.21. The molecule has 2 unspecified atom stereocenters. The zero-order valence-corrected chi connectivity index (χ0v) is 15.6. The van der Waals surface area contributed by atoms with Crippen LogP contribution >= 0.6 is 0 Å². The third kappa shape index (κ3) is 2.60. The molecule has 8 nitrogen and oxygen atoms in total. The molecule has 1 aliphatic carbocycles. The van der Waals surface area contributed by atoms with E-state index in [0.717, 1.165) is 0 Å². The minimum absolute atomic E-state index is 0.0800. The molecule has 2 aliphatic rings. The molecule has 3 aromatic rings. The number of hydrogen-bond acceptors (Lipinski definition) is 7.